The van der Waals surface area contributed by atoms with E-state index < -0.39 is 35.8 Å². The van der Waals surface area contributed by atoms with E-state index in [1.165, 1.54) is 19.3 Å². The highest BCUT2D eigenvalue weighted by molar-refractivity contribution is 6.31. The molecule has 2 heterocycles. The van der Waals surface area contributed by atoms with Gasteiger partial charge in [-0.3, -0.25) is 14.4 Å². The van der Waals surface area contributed by atoms with Crippen molar-refractivity contribution in [2.75, 3.05) is 24.2 Å². The molecular formula is C26H21ClN2O7. The quantitative estimate of drug-likeness (QED) is 0.496. The van der Waals surface area contributed by atoms with Crippen LogP contribution in [-0.4, -0.2) is 43.2 Å². The first kappa shape index (κ1) is 23.7. The van der Waals surface area contributed by atoms with Gasteiger partial charge in [-0.15, -0.1) is 0 Å². The van der Waals surface area contributed by atoms with E-state index in [1.807, 2.05) is 6.07 Å². The molecule has 36 heavy (non-hydrogen) atoms. The van der Waals surface area contributed by atoms with Crippen molar-refractivity contribution in [1.29, 1.82) is 0 Å². The van der Waals surface area contributed by atoms with Crippen molar-refractivity contribution < 1.29 is 33.8 Å². The lowest BCUT2D eigenvalue weighted by Crippen LogP contribution is -2.37. The number of hydroxylamine groups is 1. The number of rotatable bonds is 6. The van der Waals surface area contributed by atoms with E-state index in [1.54, 1.807) is 60.7 Å². The van der Waals surface area contributed by atoms with Crippen LogP contribution in [0, 0.1) is 5.92 Å². The third-order valence-corrected chi connectivity index (χ3v) is 6.57. The number of carbonyl (C=O) groups is 3. The molecule has 184 valence electrons. The summed E-state index contributed by atoms with van der Waals surface area (Å²) in [5.41, 5.74) is 0.970. The average molecular weight is 509 g/mol. The van der Waals surface area contributed by atoms with Gasteiger partial charge in [0, 0.05) is 5.02 Å². The molecule has 2 aliphatic rings. The van der Waals surface area contributed by atoms with Gasteiger partial charge < -0.3 is 14.6 Å². The van der Waals surface area contributed by atoms with E-state index >= 15 is 0 Å². The normalized spacial score (nSPS) is 21.0. The SMILES string of the molecule is COc1ccc([C@@H]2[C@H]3C(=O)N(c4ccc(Cl)cc4)C(=O)[C@H]3ON2c2ccccc2)c(C(=O)O)c1OC. The molecule has 3 aromatic rings. The minimum Gasteiger partial charge on any atom is -0.493 e. The second-order valence-electron chi connectivity index (χ2n) is 8.22. The van der Waals surface area contributed by atoms with Gasteiger partial charge in [0.05, 0.1) is 31.6 Å². The van der Waals surface area contributed by atoms with Gasteiger partial charge in [0.1, 0.15) is 11.5 Å². The maximum Gasteiger partial charge on any atom is 0.339 e. The van der Waals surface area contributed by atoms with Crippen molar-refractivity contribution in [2.24, 2.45) is 5.92 Å². The van der Waals surface area contributed by atoms with Crippen LogP contribution in [0.25, 0.3) is 0 Å². The minimum absolute atomic E-state index is 0.00490. The molecule has 0 radical (unpaired) electrons. The Morgan fingerprint density at radius 3 is 2.22 bits per heavy atom. The Hall–Kier alpha value is -4.08. The molecule has 2 saturated heterocycles. The summed E-state index contributed by atoms with van der Waals surface area (Å²) in [6.45, 7) is 0. The second kappa shape index (κ2) is 9.18. The van der Waals surface area contributed by atoms with Crippen molar-refractivity contribution >= 4 is 40.8 Å². The number of hydrogen-bond acceptors (Lipinski definition) is 7. The molecule has 1 N–H and O–H groups in total. The minimum atomic E-state index is -1.27. The summed E-state index contributed by atoms with van der Waals surface area (Å²) in [7, 11) is 2.74. The molecule has 0 aliphatic carbocycles. The second-order valence-corrected chi connectivity index (χ2v) is 8.65. The highest BCUT2D eigenvalue weighted by Gasteiger charge is 2.61. The summed E-state index contributed by atoms with van der Waals surface area (Å²) in [6, 6.07) is 17.3. The van der Waals surface area contributed by atoms with Crippen LogP contribution < -0.4 is 19.4 Å². The number of para-hydroxylation sites is 1. The van der Waals surface area contributed by atoms with Gasteiger partial charge in [-0.1, -0.05) is 35.9 Å². The monoisotopic (exact) mass is 508 g/mol. The summed E-state index contributed by atoms with van der Waals surface area (Å²) in [5, 5.41) is 12.0. The molecule has 3 aromatic carbocycles. The number of aromatic carboxylic acids is 1. The summed E-state index contributed by atoms with van der Waals surface area (Å²) < 4.78 is 10.7. The molecule has 0 saturated carbocycles. The third kappa shape index (κ3) is 3.64. The Bertz CT molecular complexity index is 1350. The number of imide groups is 1. The van der Waals surface area contributed by atoms with Crippen LogP contribution in [0.15, 0.2) is 66.7 Å². The summed E-state index contributed by atoms with van der Waals surface area (Å²) in [6.07, 6.45) is -1.16. The number of carboxylic acids is 1. The van der Waals surface area contributed by atoms with Gasteiger partial charge >= 0.3 is 5.97 Å². The van der Waals surface area contributed by atoms with Crippen molar-refractivity contribution in [1.82, 2.24) is 0 Å². The molecule has 2 aliphatic heterocycles. The first-order valence-corrected chi connectivity index (χ1v) is 11.4. The first-order chi connectivity index (χ1) is 17.4. The molecular weight excluding hydrogens is 488 g/mol. The molecule has 0 aromatic heterocycles. The first-order valence-electron chi connectivity index (χ1n) is 11.0. The van der Waals surface area contributed by atoms with Crippen LogP contribution in [0.2, 0.25) is 5.02 Å². The maximum atomic E-state index is 13.8. The topological polar surface area (TPSA) is 106 Å². The smallest absolute Gasteiger partial charge is 0.339 e. The number of fused-ring (bicyclic) bond motifs is 1. The van der Waals surface area contributed by atoms with Gasteiger partial charge in [-0.25, -0.2) is 14.8 Å². The number of hydrogen-bond donors (Lipinski definition) is 1. The van der Waals surface area contributed by atoms with Crippen LogP contribution in [-0.2, 0) is 14.4 Å². The highest BCUT2D eigenvalue weighted by Crippen LogP contribution is 2.50. The van der Waals surface area contributed by atoms with Gasteiger partial charge in [-0.2, -0.15) is 0 Å². The van der Waals surface area contributed by atoms with Crippen LogP contribution in [0.4, 0.5) is 11.4 Å². The molecule has 0 spiro atoms. The Morgan fingerprint density at radius 1 is 0.917 bits per heavy atom. The van der Waals surface area contributed by atoms with Gasteiger partial charge in [-0.05, 0) is 48.0 Å². The Balaban J connectivity index is 1.68. The third-order valence-electron chi connectivity index (χ3n) is 6.32. The predicted molar refractivity (Wildman–Crippen MR) is 130 cm³/mol. The Morgan fingerprint density at radius 2 is 1.61 bits per heavy atom. The molecule has 0 unspecified atom stereocenters. The predicted octanol–water partition coefficient (Wildman–Crippen LogP) is 4.11. The molecule has 10 heteroatoms. The largest absolute Gasteiger partial charge is 0.493 e. The molecule has 0 bridgehead atoms. The van der Waals surface area contributed by atoms with E-state index in [4.69, 9.17) is 25.9 Å². The van der Waals surface area contributed by atoms with E-state index in [0.717, 1.165) is 4.90 Å². The van der Waals surface area contributed by atoms with E-state index in [2.05, 4.69) is 0 Å². The molecule has 5 rings (SSSR count). The number of nitrogens with zero attached hydrogens (tertiary/aromatic N) is 2. The Labute approximate surface area is 211 Å². The zero-order valence-electron chi connectivity index (χ0n) is 19.3. The van der Waals surface area contributed by atoms with E-state index in [-0.39, 0.29) is 22.6 Å². The van der Waals surface area contributed by atoms with Crippen LogP contribution in [0.1, 0.15) is 22.0 Å². The fraction of sp³-hybridized carbons (Fsp3) is 0.192. The lowest BCUT2D eigenvalue weighted by molar-refractivity contribution is -0.126. The van der Waals surface area contributed by atoms with Gasteiger partial charge in [0.25, 0.3) is 5.91 Å². The number of carbonyl (C=O) groups excluding carboxylic acids is 2. The molecule has 9 nitrogen and oxygen atoms in total. The fourth-order valence-electron chi connectivity index (χ4n) is 4.78. The van der Waals surface area contributed by atoms with Crippen LogP contribution >= 0.6 is 11.6 Å². The number of ether oxygens (including phenoxy) is 2. The van der Waals surface area contributed by atoms with Gasteiger partial charge in [0.2, 0.25) is 5.91 Å². The summed E-state index contributed by atoms with van der Waals surface area (Å²) in [4.78, 5) is 46.8. The molecule has 2 amide bonds. The average Bonchev–Trinajstić information content (AvgIpc) is 3.39. The van der Waals surface area contributed by atoms with Crippen molar-refractivity contribution in [3.8, 4) is 11.5 Å². The van der Waals surface area contributed by atoms with Crippen molar-refractivity contribution in [3.63, 3.8) is 0 Å². The maximum absolute atomic E-state index is 13.8. The number of carboxylic acid groups (broad SMARTS) is 1. The van der Waals surface area contributed by atoms with Crippen molar-refractivity contribution in [3.05, 3.63) is 82.9 Å². The summed E-state index contributed by atoms with van der Waals surface area (Å²) in [5.74, 6) is -3.13. The van der Waals surface area contributed by atoms with Crippen LogP contribution in [0.5, 0.6) is 11.5 Å². The number of anilines is 2. The van der Waals surface area contributed by atoms with Gasteiger partial charge in [0.15, 0.2) is 17.6 Å². The number of amides is 2. The summed E-state index contributed by atoms with van der Waals surface area (Å²) >= 11 is 5.98. The highest BCUT2D eigenvalue weighted by atomic mass is 35.5. The zero-order valence-corrected chi connectivity index (χ0v) is 20.0. The van der Waals surface area contributed by atoms with Crippen LogP contribution in [0.3, 0.4) is 0 Å². The lowest BCUT2D eigenvalue weighted by atomic mass is 9.87. The lowest BCUT2D eigenvalue weighted by Gasteiger charge is -2.30. The number of benzene rings is 3. The van der Waals surface area contributed by atoms with E-state index in [0.29, 0.717) is 16.4 Å². The zero-order chi connectivity index (χ0) is 25.6. The number of methoxy groups -OCH3 is 2. The van der Waals surface area contributed by atoms with Crippen molar-refractivity contribution in [2.45, 2.75) is 12.1 Å². The molecule has 3 atom stereocenters. The standard InChI is InChI=1S/C26H21ClN2O7/c1-34-18-13-12-17(19(26(32)33)22(18)35-2)21-20-23(36-29(21)16-6-4-3-5-7-16)25(31)28(24(20)30)15-10-8-14(27)9-11-15/h3-13,20-21,23H,1-2H3,(H,32,33)/t20-,21-,23+/m1/s1. The van der Waals surface area contributed by atoms with E-state index in [9.17, 15) is 19.5 Å². The Kier molecular flexibility index (Phi) is 6.03. The molecule has 2 fully saturated rings. The number of halogens is 1. The fourth-order valence-corrected chi connectivity index (χ4v) is 4.91.